The maximum atomic E-state index is 3.87. The molecule has 190 valence electrons. The molecule has 0 aromatic heterocycles. The molecule has 0 radical (unpaired) electrons. The van der Waals surface area contributed by atoms with Crippen LogP contribution in [0.2, 0.25) is 0 Å². The zero-order valence-electron chi connectivity index (χ0n) is 23.6. The average molecular weight is 466 g/mol. The third kappa shape index (κ3) is 7.50. The maximum Gasteiger partial charge on any atom is 0.0407 e. The van der Waals surface area contributed by atoms with Gasteiger partial charge in [0.1, 0.15) is 0 Å². The summed E-state index contributed by atoms with van der Waals surface area (Å²) in [7, 11) is 2.25. The summed E-state index contributed by atoms with van der Waals surface area (Å²) < 4.78 is 0. The van der Waals surface area contributed by atoms with Crippen molar-refractivity contribution < 1.29 is 0 Å². The molecule has 3 heteroatoms. The lowest BCUT2D eigenvalue weighted by molar-refractivity contribution is 0.314. The topological polar surface area (TPSA) is 27.3 Å². The number of anilines is 2. The van der Waals surface area contributed by atoms with Crippen molar-refractivity contribution in [3.05, 3.63) is 57.6 Å². The molecule has 2 atom stereocenters. The van der Waals surface area contributed by atoms with Crippen molar-refractivity contribution >= 4 is 11.4 Å². The molecule has 34 heavy (non-hydrogen) atoms. The highest BCUT2D eigenvalue weighted by Crippen LogP contribution is 2.27. The summed E-state index contributed by atoms with van der Waals surface area (Å²) in [6, 6.07) is 10.4. The van der Waals surface area contributed by atoms with Crippen LogP contribution in [0.5, 0.6) is 0 Å². The molecule has 0 spiro atoms. The van der Waals surface area contributed by atoms with Gasteiger partial charge in [-0.3, -0.25) is 0 Å². The van der Waals surface area contributed by atoms with E-state index in [9.17, 15) is 0 Å². The second-order valence-corrected chi connectivity index (χ2v) is 10.0. The van der Waals surface area contributed by atoms with Gasteiger partial charge in [-0.25, -0.2) is 0 Å². The fraction of sp³-hybridized carbons (Fsp3) is 0.613. The molecule has 0 heterocycles. The summed E-state index contributed by atoms with van der Waals surface area (Å²) in [5.41, 5.74) is 11.5. The van der Waals surface area contributed by atoms with Crippen LogP contribution in [0.4, 0.5) is 11.4 Å². The van der Waals surface area contributed by atoms with E-state index in [1.807, 2.05) is 0 Å². The fourth-order valence-corrected chi connectivity index (χ4v) is 5.17. The van der Waals surface area contributed by atoms with Crippen LogP contribution in [0.25, 0.3) is 0 Å². The van der Waals surface area contributed by atoms with E-state index in [4.69, 9.17) is 0 Å². The second-order valence-electron chi connectivity index (χ2n) is 10.0. The molecule has 0 aliphatic carbocycles. The zero-order chi connectivity index (χ0) is 25.3. The van der Waals surface area contributed by atoms with E-state index >= 15 is 0 Å². The molecule has 0 aliphatic heterocycles. The summed E-state index contributed by atoms with van der Waals surface area (Å²) in [6.45, 7) is 20.2. The molecule has 0 amide bonds. The Balaban J connectivity index is 2.05. The first-order valence-corrected chi connectivity index (χ1v) is 13.8. The lowest BCUT2D eigenvalue weighted by Crippen LogP contribution is -2.39. The van der Waals surface area contributed by atoms with E-state index in [1.54, 1.807) is 0 Å². The van der Waals surface area contributed by atoms with E-state index in [2.05, 4.69) is 102 Å². The first-order valence-electron chi connectivity index (χ1n) is 13.8. The molecule has 2 rings (SSSR count). The molecule has 2 aromatic rings. The number of hydrogen-bond acceptors (Lipinski definition) is 3. The van der Waals surface area contributed by atoms with Gasteiger partial charge >= 0.3 is 0 Å². The molecule has 2 unspecified atom stereocenters. The maximum absolute atomic E-state index is 3.87. The lowest BCUT2D eigenvalue weighted by Gasteiger charge is -2.29. The van der Waals surface area contributed by atoms with Gasteiger partial charge in [0.25, 0.3) is 0 Å². The van der Waals surface area contributed by atoms with E-state index in [0.717, 1.165) is 51.6 Å². The van der Waals surface area contributed by atoms with E-state index in [1.165, 1.54) is 44.8 Å². The van der Waals surface area contributed by atoms with Crippen LogP contribution >= 0.6 is 0 Å². The Labute approximate surface area is 210 Å². The summed E-state index contributed by atoms with van der Waals surface area (Å²) in [6.07, 6.45) is 6.49. The average Bonchev–Trinajstić information content (AvgIpc) is 2.83. The van der Waals surface area contributed by atoms with Gasteiger partial charge in [0.2, 0.25) is 0 Å². The van der Waals surface area contributed by atoms with Gasteiger partial charge in [0, 0.05) is 36.5 Å². The third-order valence-corrected chi connectivity index (χ3v) is 7.02. The SMILES string of the molecule is CCc1cc(CC)c(NC(C)CN(C)CC(C)Nc2c(CC)cc(CC)cc2CC)c(CC)c1. The van der Waals surface area contributed by atoms with Gasteiger partial charge in [-0.2, -0.15) is 0 Å². The summed E-state index contributed by atoms with van der Waals surface area (Å²) in [4.78, 5) is 2.46. The normalized spacial score (nSPS) is 13.2. The Hall–Kier alpha value is -2.00. The van der Waals surface area contributed by atoms with Crippen LogP contribution in [0.3, 0.4) is 0 Å². The van der Waals surface area contributed by atoms with E-state index < -0.39 is 0 Å². The Morgan fingerprint density at radius 3 is 1.09 bits per heavy atom. The minimum Gasteiger partial charge on any atom is -0.381 e. The molecule has 3 nitrogen and oxygen atoms in total. The molecule has 2 aromatic carbocycles. The molecular formula is C31H51N3. The molecular weight excluding hydrogens is 414 g/mol. The number of nitrogens with one attached hydrogen (secondary N) is 2. The first kappa shape index (κ1) is 28.2. The monoisotopic (exact) mass is 465 g/mol. The fourth-order valence-electron chi connectivity index (χ4n) is 5.17. The molecule has 0 saturated carbocycles. The Morgan fingerprint density at radius 2 is 0.853 bits per heavy atom. The van der Waals surface area contributed by atoms with Crippen LogP contribution in [-0.4, -0.2) is 37.1 Å². The van der Waals surface area contributed by atoms with Crippen molar-refractivity contribution in [2.75, 3.05) is 30.8 Å². The van der Waals surface area contributed by atoms with Crippen LogP contribution in [0, 0.1) is 0 Å². The third-order valence-electron chi connectivity index (χ3n) is 7.02. The highest BCUT2D eigenvalue weighted by Gasteiger charge is 2.16. The van der Waals surface area contributed by atoms with Crippen molar-refractivity contribution in [2.45, 2.75) is 106 Å². The van der Waals surface area contributed by atoms with E-state index in [-0.39, 0.29) is 0 Å². The predicted octanol–water partition coefficient (Wildman–Crippen LogP) is 7.29. The minimum absolute atomic E-state index is 0.390. The number of nitrogens with zero attached hydrogens (tertiary/aromatic N) is 1. The van der Waals surface area contributed by atoms with Gasteiger partial charge in [0.15, 0.2) is 0 Å². The predicted molar refractivity (Wildman–Crippen MR) is 153 cm³/mol. The van der Waals surface area contributed by atoms with Gasteiger partial charge < -0.3 is 15.5 Å². The van der Waals surface area contributed by atoms with Crippen molar-refractivity contribution in [3.8, 4) is 0 Å². The highest BCUT2D eigenvalue weighted by molar-refractivity contribution is 5.61. The first-order chi connectivity index (χ1) is 16.3. The number of likely N-dealkylation sites (N-methyl/N-ethyl adjacent to an activating group) is 1. The van der Waals surface area contributed by atoms with Gasteiger partial charge in [0.05, 0.1) is 0 Å². The molecule has 0 bridgehead atoms. The molecule has 2 N–H and O–H groups in total. The quantitative estimate of drug-likeness (QED) is 0.307. The Kier molecular flexibility index (Phi) is 11.4. The Morgan fingerprint density at radius 1 is 0.559 bits per heavy atom. The van der Waals surface area contributed by atoms with E-state index in [0.29, 0.717) is 12.1 Å². The van der Waals surface area contributed by atoms with Crippen molar-refractivity contribution in [1.82, 2.24) is 4.90 Å². The van der Waals surface area contributed by atoms with Crippen LogP contribution < -0.4 is 10.6 Å². The standard InChI is InChI=1S/C31H51N3/c1-10-24-16-26(12-3)30(27(13-4)17-24)32-22(7)20-34(9)21-23(8)33-31-28(14-5)18-25(11-2)19-29(31)15-6/h16-19,22-23,32-33H,10-15,20-21H2,1-9H3. The number of rotatable bonds is 14. The van der Waals surface area contributed by atoms with Crippen molar-refractivity contribution in [1.29, 1.82) is 0 Å². The van der Waals surface area contributed by atoms with Gasteiger partial charge in [-0.1, -0.05) is 65.8 Å². The highest BCUT2D eigenvalue weighted by atomic mass is 15.1. The van der Waals surface area contributed by atoms with Crippen LogP contribution in [-0.2, 0) is 38.5 Å². The number of hydrogen-bond donors (Lipinski definition) is 2. The summed E-state index contributed by atoms with van der Waals surface area (Å²) in [5.74, 6) is 0. The summed E-state index contributed by atoms with van der Waals surface area (Å²) in [5, 5.41) is 7.75. The van der Waals surface area contributed by atoms with Crippen molar-refractivity contribution in [2.24, 2.45) is 0 Å². The van der Waals surface area contributed by atoms with Crippen LogP contribution in [0.1, 0.15) is 88.8 Å². The van der Waals surface area contributed by atoms with Gasteiger partial charge in [-0.15, -0.1) is 0 Å². The minimum atomic E-state index is 0.390. The Bertz CT molecular complexity index is 778. The largest absolute Gasteiger partial charge is 0.381 e. The van der Waals surface area contributed by atoms with Gasteiger partial charge in [-0.05, 0) is 92.8 Å². The molecule has 0 aliphatic rings. The molecule has 0 fully saturated rings. The van der Waals surface area contributed by atoms with Crippen molar-refractivity contribution in [3.63, 3.8) is 0 Å². The second kappa shape index (κ2) is 13.8. The number of aryl methyl sites for hydroxylation is 6. The van der Waals surface area contributed by atoms with Crippen LogP contribution in [0.15, 0.2) is 24.3 Å². The molecule has 0 saturated heterocycles. The zero-order valence-corrected chi connectivity index (χ0v) is 23.6. The number of benzene rings is 2. The summed E-state index contributed by atoms with van der Waals surface area (Å²) >= 11 is 0. The smallest absolute Gasteiger partial charge is 0.0407 e. The lowest BCUT2D eigenvalue weighted by atomic mass is 9.97.